The monoisotopic (exact) mass is 325 g/mol. The van der Waals surface area contributed by atoms with Crippen molar-refractivity contribution in [3.05, 3.63) is 0 Å². The number of carbonyl (C=O) groups is 3. The second kappa shape index (κ2) is 8.29. The Bertz CT molecular complexity index is 441. The Morgan fingerprint density at radius 1 is 0.870 bits per heavy atom. The quantitative estimate of drug-likeness (QED) is 0.757. The zero-order valence-electron chi connectivity index (χ0n) is 13.9. The van der Waals surface area contributed by atoms with E-state index in [-0.39, 0.29) is 30.6 Å². The molecule has 0 spiro atoms. The predicted molar refractivity (Wildman–Crippen MR) is 84.9 cm³/mol. The molecule has 23 heavy (non-hydrogen) atoms. The Hall–Kier alpha value is -1.63. The molecule has 2 saturated heterocycles. The summed E-state index contributed by atoms with van der Waals surface area (Å²) in [6.45, 7) is 6.63. The van der Waals surface area contributed by atoms with E-state index >= 15 is 0 Å². The molecule has 0 aliphatic carbocycles. The molecule has 0 unspecified atom stereocenters. The zero-order chi connectivity index (χ0) is 16.8. The summed E-state index contributed by atoms with van der Waals surface area (Å²) in [4.78, 5) is 40.8. The minimum Gasteiger partial charge on any atom is -0.481 e. The average Bonchev–Trinajstić information content (AvgIpc) is 3.01. The first-order valence-electron chi connectivity index (χ1n) is 8.45. The number of nitrogens with zero attached hydrogens (tertiary/aromatic N) is 3. The predicted octanol–water partition coefficient (Wildman–Crippen LogP) is 0.254. The van der Waals surface area contributed by atoms with E-state index in [0.29, 0.717) is 32.7 Å². The van der Waals surface area contributed by atoms with Crippen LogP contribution in [0.2, 0.25) is 0 Å². The highest BCUT2D eigenvalue weighted by Crippen LogP contribution is 2.13. The van der Waals surface area contributed by atoms with Crippen LogP contribution in [0.25, 0.3) is 0 Å². The van der Waals surface area contributed by atoms with Gasteiger partial charge < -0.3 is 14.9 Å². The maximum Gasteiger partial charge on any atom is 0.303 e. The van der Waals surface area contributed by atoms with Crippen molar-refractivity contribution >= 4 is 17.8 Å². The molecule has 2 aliphatic heterocycles. The molecule has 0 radical (unpaired) electrons. The van der Waals surface area contributed by atoms with Gasteiger partial charge in [-0.25, -0.2) is 0 Å². The minimum absolute atomic E-state index is 0.0178. The van der Waals surface area contributed by atoms with E-state index in [9.17, 15) is 14.4 Å². The number of hydrogen-bond donors (Lipinski definition) is 1. The van der Waals surface area contributed by atoms with E-state index in [0.717, 1.165) is 25.9 Å². The summed E-state index contributed by atoms with van der Waals surface area (Å²) in [7, 11) is 0. The summed E-state index contributed by atoms with van der Waals surface area (Å²) in [6, 6.07) is 0. The SMILES string of the molecule is C[C@H](CC(=O)O)CC(=O)N1CCN(CC(=O)N2CCCC2)CC1. The number of amides is 2. The Morgan fingerprint density at radius 3 is 2.00 bits per heavy atom. The second-order valence-corrected chi connectivity index (χ2v) is 6.65. The van der Waals surface area contributed by atoms with Gasteiger partial charge in [-0.1, -0.05) is 6.92 Å². The third kappa shape index (κ3) is 5.49. The summed E-state index contributed by atoms with van der Waals surface area (Å²) >= 11 is 0. The largest absolute Gasteiger partial charge is 0.481 e. The fraction of sp³-hybridized carbons (Fsp3) is 0.812. The van der Waals surface area contributed by atoms with Crippen molar-refractivity contribution in [2.75, 3.05) is 45.8 Å². The van der Waals surface area contributed by atoms with Gasteiger partial charge in [-0.2, -0.15) is 0 Å². The average molecular weight is 325 g/mol. The third-order valence-electron chi connectivity index (χ3n) is 4.59. The van der Waals surface area contributed by atoms with Gasteiger partial charge in [0, 0.05) is 52.1 Å². The molecule has 0 aromatic carbocycles. The molecule has 7 nitrogen and oxygen atoms in total. The van der Waals surface area contributed by atoms with Gasteiger partial charge in [-0.15, -0.1) is 0 Å². The van der Waals surface area contributed by atoms with Crippen molar-refractivity contribution in [3.63, 3.8) is 0 Å². The van der Waals surface area contributed by atoms with E-state index in [1.54, 1.807) is 11.8 Å². The van der Waals surface area contributed by atoms with Gasteiger partial charge in [0.1, 0.15) is 0 Å². The number of carboxylic acid groups (broad SMARTS) is 1. The van der Waals surface area contributed by atoms with Crippen LogP contribution in [-0.4, -0.2) is 83.4 Å². The minimum atomic E-state index is -0.865. The van der Waals surface area contributed by atoms with Crippen molar-refractivity contribution in [2.45, 2.75) is 32.6 Å². The topological polar surface area (TPSA) is 81.2 Å². The van der Waals surface area contributed by atoms with Crippen LogP contribution in [0.3, 0.4) is 0 Å². The summed E-state index contributed by atoms with van der Waals surface area (Å²) < 4.78 is 0. The molecule has 0 aromatic heterocycles. The lowest BCUT2D eigenvalue weighted by Gasteiger charge is -2.35. The van der Waals surface area contributed by atoms with Gasteiger partial charge in [0.15, 0.2) is 0 Å². The van der Waals surface area contributed by atoms with E-state index in [1.807, 2.05) is 4.90 Å². The first kappa shape index (κ1) is 17.7. The molecular formula is C16H27N3O4. The van der Waals surface area contributed by atoms with E-state index in [2.05, 4.69) is 4.90 Å². The maximum absolute atomic E-state index is 12.2. The summed E-state index contributed by atoms with van der Waals surface area (Å²) in [6.07, 6.45) is 2.50. The molecule has 1 atom stereocenters. The lowest BCUT2D eigenvalue weighted by Crippen LogP contribution is -2.51. The highest BCUT2D eigenvalue weighted by atomic mass is 16.4. The normalized spacial score (nSPS) is 20.6. The standard InChI is InChI=1S/C16H27N3O4/c1-13(11-16(22)23)10-14(20)19-8-6-17(7-9-19)12-15(21)18-4-2-3-5-18/h13H,2-12H2,1H3,(H,22,23)/t13-/m0/s1. The van der Waals surface area contributed by atoms with Crippen LogP contribution in [0.15, 0.2) is 0 Å². The second-order valence-electron chi connectivity index (χ2n) is 6.65. The van der Waals surface area contributed by atoms with Crippen LogP contribution in [0.1, 0.15) is 32.6 Å². The van der Waals surface area contributed by atoms with E-state index in [4.69, 9.17) is 5.11 Å². The van der Waals surface area contributed by atoms with Crippen LogP contribution >= 0.6 is 0 Å². The lowest BCUT2D eigenvalue weighted by molar-refractivity contribution is -0.138. The Labute approximate surface area is 137 Å². The van der Waals surface area contributed by atoms with Crippen LogP contribution in [0, 0.1) is 5.92 Å². The molecule has 0 bridgehead atoms. The lowest BCUT2D eigenvalue weighted by atomic mass is 10.0. The number of hydrogen-bond acceptors (Lipinski definition) is 4. The summed E-state index contributed by atoms with van der Waals surface area (Å²) in [5, 5.41) is 8.75. The Balaban J connectivity index is 1.69. The Morgan fingerprint density at radius 2 is 1.43 bits per heavy atom. The fourth-order valence-electron chi connectivity index (χ4n) is 3.21. The molecule has 0 saturated carbocycles. The summed E-state index contributed by atoms with van der Waals surface area (Å²) in [5.41, 5.74) is 0. The summed E-state index contributed by atoms with van der Waals surface area (Å²) in [5.74, 6) is -0.799. The molecule has 2 rings (SSSR count). The molecular weight excluding hydrogens is 298 g/mol. The number of carbonyl (C=O) groups excluding carboxylic acids is 2. The van der Waals surface area contributed by atoms with Gasteiger partial charge in [0.2, 0.25) is 11.8 Å². The number of rotatable bonds is 6. The molecule has 1 N–H and O–H groups in total. The number of piperazine rings is 1. The van der Waals surface area contributed by atoms with Crippen molar-refractivity contribution in [1.82, 2.24) is 14.7 Å². The van der Waals surface area contributed by atoms with Gasteiger partial charge in [0.25, 0.3) is 0 Å². The van der Waals surface area contributed by atoms with Gasteiger partial charge in [-0.3, -0.25) is 19.3 Å². The number of likely N-dealkylation sites (tertiary alicyclic amines) is 1. The van der Waals surface area contributed by atoms with Crippen LogP contribution in [-0.2, 0) is 14.4 Å². The van der Waals surface area contributed by atoms with Crippen LogP contribution in [0.5, 0.6) is 0 Å². The highest BCUT2D eigenvalue weighted by Gasteiger charge is 2.26. The fourth-order valence-corrected chi connectivity index (χ4v) is 3.21. The van der Waals surface area contributed by atoms with Crippen LogP contribution in [0.4, 0.5) is 0 Å². The third-order valence-corrected chi connectivity index (χ3v) is 4.59. The van der Waals surface area contributed by atoms with E-state index < -0.39 is 5.97 Å². The Kier molecular flexibility index (Phi) is 6.38. The molecule has 130 valence electrons. The molecule has 2 fully saturated rings. The smallest absolute Gasteiger partial charge is 0.303 e. The molecule has 7 heteroatoms. The van der Waals surface area contributed by atoms with Gasteiger partial charge >= 0.3 is 5.97 Å². The van der Waals surface area contributed by atoms with Crippen molar-refractivity contribution in [1.29, 1.82) is 0 Å². The van der Waals surface area contributed by atoms with Crippen molar-refractivity contribution in [3.8, 4) is 0 Å². The van der Waals surface area contributed by atoms with Gasteiger partial charge in [0.05, 0.1) is 6.54 Å². The molecule has 0 aromatic rings. The first-order valence-corrected chi connectivity index (χ1v) is 8.45. The highest BCUT2D eigenvalue weighted by molar-refractivity contribution is 5.79. The van der Waals surface area contributed by atoms with Crippen LogP contribution < -0.4 is 0 Å². The van der Waals surface area contributed by atoms with Gasteiger partial charge in [-0.05, 0) is 18.8 Å². The molecule has 2 amide bonds. The maximum atomic E-state index is 12.2. The van der Waals surface area contributed by atoms with Crippen molar-refractivity contribution < 1.29 is 19.5 Å². The van der Waals surface area contributed by atoms with E-state index in [1.165, 1.54) is 0 Å². The number of aliphatic carboxylic acids is 1. The van der Waals surface area contributed by atoms with Crippen molar-refractivity contribution in [2.24, 2.45) is 5.92 Å². The molecule has 2 heterocycles. The zero-order valence-corrected chi connectivity index (χ0v) is 13.9. The first-order chi connectivity index (χ1) is 11.0. The number of carboxylic acids is 1. The molecule has 2 aliphatic rings.